The Morgan fingerprint density at radius 2 is 1.95 bits per heavy atom. The van der Waals surface area contributed by atoms with E-state index in [9.17, 15) is 0 Å². The molecule has 0 amide bonds. The predicted octanol–water partition coefficient (Wildman–Crippen LogP) is 5.47. The highest BCUT2D eigenvalue weighted by Gasteiger charge is 2.38. The third-order valence-corrected chi connectivity index (χ3v) is 10.3. The van der Waals surface area contributed by atoms with E-state index >= 15 is 0 Å². The molecule has 0 bridgehead atoms. The molecule has 1 aromatic carbocycles. The van der Waals surface area contributed by atoms with Gasteiger partial charge in [-0.15, -0.1) is 12.4 Å². The van der Waals surface area contributed by atoms with Crippen LogP contribution in [-0.4, -0.2) is 21.0 Å². The van der Waals surface area contributed by atoms with Gasteiger partial charge in [0.05, 0.1) is 0 Å². The molecule has 2 nitrogen and oxygen atoms in total. The average Bonchev–Trinajstić information content (AvgIpc) is 2.36. The molecule has 1 heterocycles. The Hall–Kier alpha value is 0.127. The van der Waals surface area contributed by atoms with Crippen molar-refractivity contribution in [3.05, 3.63) is 33.8 Å². The fraction of sp³-hybridized carbons (Fsp3) is 0.647. The highest BCUT2D eigenvalue weighted by Crippen LogP contribution is 2.37. The fourth-order valence-electron chi connectivity index (χ4n) is 2.58. The molecule has 1 N–H and O–H groups in total. The maximum absolute atomic E-state index is 6.40. The Balaban J connectivity index is 0.00000242. The van der Waals surface area contributed by atoms with Crippen LogP contribution in [0.2, 0.25) is 18.1 Å². The molecule has 0 saturated heterocycles. The van der Waals surface area contributed by atoms with E-state index in [0.29, 0.717) is 12.1 Å². The van der Waals surface area contributed by atoms with E-state index in [-0.39, 0.29) is 17.4 Å². The van der Waals surface area contributed by atoms with Crippen LogP contribution in [0.15, 0.2) is 22.7 Å². The summed E-state index contributed by atoms with van der Waals surface area (Å²) in [5.74, 6) is 0. The van der Waals surface area contributed by atoms with Gasteiger partial charge in [0.1, 0.15) is 0 Å². The van der Waals surface area contributed by atoms with Crippen LogP contribution < -0.4 is 5.32 Å². The second-order valence-electron chi connectivity index (χ2n) is 7.67. The lowest BCUT2D eigenvalue weighted by atomic mass is 9.91. The zero-order valence-corrected chi connectivity index (χ0v) is 17.9. The van der Waals surface area contributed by atoms with Gasteiger partial charge < -0.3 is 9.74 Å². The number of hydrogen-bond acceptors (Lipinski definition) is 2. The monoisotopic (exact) mass is 405 g/mol. The van der Waals surface area contributed by atoms with Gasteiger partial charge in [0.15, 0.2) is 8.32 Å². The summed E-state index contributed by atoms with van der Waals surface area (Å²) in [6.07, 6.45) is 1.04. The molecule has 0 saturated carbocycles. The summed E-state index contributed by atoms with van der Waals surface area (Å²) in [6.45, 7) is 14.6. The third kappa shape index (κ3) is 4.35. The fourth-order valence-corrected chi connectivity index (χ4v) is 4.17. The summed E-state index contributed by atoms with van der Waals surface area (Å²) in [5.41, 5.74) is 2.85. The number of fused-ring (bicyclic) bond motifs is 1. The molecule has 0 aliphatic carbocycles. The molecule has 5 heteroatoms. The van der Waals surface area contributed by atoms with Crippen molar-refractivity contribution >= 4 is 36.7 Å². The normalized spacial score (nSPS) is 22.0. The van der Waals surface area contributed by atoms with E-state index in [1.807, 2.05) is 0 Å². The highest BCUT2D eigenvalue weighted by molar-refractivity contribution is 9.10. The Kier molecular flexibility index (Phi) is 6.74. The van der Waals surface area contributed by atoms with Gasteiger partial charge in [0, 0.05) is 23.2 Å². The molecule has 0 radical (unpaired) electrons. The van der Waals surface area contributed by atoms with E-state index in [1.165, 1.54) is 15.6 Å². The van der Waals surface area contributed by atoms with Crippen LogP contribution in [0.3, 0.4) is 0 Å². The predicted molar refractivity (Wildman–Crippen MR) is 104 cm³/mol. The lowest BCUT2D eigenvalue weighted by Gasteiger charge is -2.39. The van der Waals surface area contributed by atoms with E-state index in [2.05, 4.69) is 80.2 Å². The summed E-state index contributed by atoms with van der Waals surface area (Å²) in [7, 11) is -1.67. The Bertz CT molecular complexity index is 516. The molecule has 2 rings (SSSR count). The largest absolute Gasteiger partial charge is 0.415 e. The molecule has 0 spiro atoms. The van der Waals surface area contributed by atoms with Crippen molar-refractivity contribution < 1.29 is 4.43 Å². The number of rotatable bonds is 3. The van der Waals surface area contributed by atoms with Crippen molar-refractivity contribution in [2.45, 2.75) is 64.3 Å². The summed E-state index contributed by atoms with van der Waals surface area (Å²) in [4.78, 5) is 0. The molecule has 22 heavy (non-hydrogen) atoms. The number of halogens is 2. The van der Waals surface area contributed by atoms with Crippen LogP contribution >= 0.6 is 28.3 Å². The van der Waals surface area contributed by atoms with Gasteiger partial charge >= 0.3 is 0 Å². The highest BCUT2D eigenvalue weighted by atomic mass is 79.9. The lowest BCUT2D eigenvalue weighted by molar-refractivity contribution is 0.226. The van der Waals surface area contributed by atoms with Gasteiger partial charge in [0.2, 0.25) is 0 Å². The van der Waals surface area contributed by atoms with Crippen LogP contribution in [0, 0.1) is 0 Å². The molecule has 1 aliphatic heterocycles. The topological polar surface area (TPSA) is 21.3 Å². The molecule has 2 atom stereocenters. The maximum Gasteiger partial charge on any atom is 0.192 e. The zero-order valence-electron chi connectivity index (χ0n) is 14.5. The minimum atomic E-state index is -1.67. The Morgan fingerprint density at radius 1 is 1.32 bits per heavy atom. The lowest BCUT2D eigenvalue weighted by Crippen LogP contribution is -2.47. The molecular formula is C17H29BrClNOSi. The first-order chi connectivity index (χ1) is 9.62. The molecule has 0 fully saturated rings. The summed E-state index contributed by atoms with van der Waals surface area (Å²) in [5, 5.41) is 3.97. The van der Waals surface area contributed by atoms with Gasteiger partial charge in [-0.25, -0.2) is 0 Å². The molecule has 1 aromatic rings. The average molecular weight is 407 g/mol. The summed E-state index contributed by atoms with van der Waals surface area (Å²) < 4.78 is 7.63. The van der Waals surface area contributed by atoms with Crippen LogP contribution in [-0.2, 0) is 10.8 Å². The molecular weight excluding hydrogens is 378 g/mol. The third-order valence-electron chi connectivity index (χ3n) is 5.01. The smallest absolute Gasteiger partial charge is 0.192 e. The van der Waals surface area contributed by atoms with Crippen molar-refractivity contribution in [1.29, 1.82) is 0 Å². The first-order valence-electron chi connectivity index (χ1n) is 7.79. The van der Waals surface area contributed by atoms with Crippen LogP contribution in [0.1, 0.15) is 44.9 Å². The number of hydrogen-bond donors (Lipinski definition) is 1. The molecule has 1 aliphatic rings. The van der Waals surface area contributed by atoms with Crippen molar-refractivity contribution in [3.63, 3.8) is 0 Å². The van der Waals surface area contributed by atoms with Crippen molar-refractivity contribution in [2.24, 2.45) is 0 Å². The van der Waals surface area contributed by atoms with Gasteiger partial charge in [-0.05, 0) is 48.7 Å². The Morgan fingerprint density at radius 3 is 2.55 bits per heavy atom. The van der Waals surface area contributed by atoms with Gasteiger partial charge in [0.25, 0.3) is 0 Å². The summed E-state index contributed by atoms with van der Waals surface area (Å²) in [6, 6.07) is 7.28. The minimum absolute atomic E-state index is 0. The standard InChI is InChI=1S/C17H28BrNOSi.ClH/c1-12-14-8-7-9-16(18)15(14)10-13(19-12)11-20-21(5,6)17(2,3)4;/h7-9,12-13,19H,10-11H2,1-6H3;1H. The van der Waals surface area contributed by atoms with E-state index in [4.69, 9.17) is 4.43 Å². The number of benzene rings is 1. The van der Waals surface area contributed by atoms with E-state index in [0.717, 1.165) is 13.0 Å². The first kappa shape index (κ1) is 20.2. The first-order valence-corrected chi connectivity index (χ1v) is 11.5. The van der Waals surface area contributed by atoms with E-state index in [1.54, 1.807) is 0 Å². The SMILES string of the molecule is CC1NC(CO[Si](C)(C)C(C)(C)C)Cc2c(Br)cccc21.Cl. The second-order valence-corrected chi connectivity index (χ2v) is 13.3. The van der Waals surface area contributed by atoms with Crippen molar-refractivity contribution in [3.8, 4) is 0 Å². The maximum atomic E-state index is 6.40. The van der Waals surface area contributed by atoms with Gasteiger partial charge in [-0.1, -0.05) is 48.8 Å². The van der Waals surface area contributed by atoms with Gasteiger partial charge in [-0.2, -0.15) is 0 Å². The van der Waals surface area contributed by atoms with E-state index < -0.39 is 8.32 Å². The van der Waals surface area contributed by atoms with Crippen LogP contribution in [0.5, 0.6) is 0 Å². The minimum Gasteiger partial charge on any atom is -0.415 e. The van der Waals surface area contributed by atoms with Crippen molar-refractivity contribution in [2.75, 3.05) is 6.61 Å². The molecule has 0 aromatic heterocycles. The summed E-state index contributed by atoms with van der Waals surface area (Å²) >= 11 is 3.70. The Labute approximate surface area is 151 Å². The quantitative estimate of drug-likeness (QED) is 0.672. The van der Waals surface area contributed by atoms with Crippen LogP contribution in [0.25, 0.3) is 0 Å². The zero-order chi connectivity index (χ0) is 15.8. The molecule has 126 valence electrons. The number of nitrogens with one attached hydrogen (secondary N) is 1. The second kappa shape index (κ2) is 7.35. The van der Waals surface area contributed by atoms with Gasteiger partial charge in [-0.3, -0.25) is 0 Å². The molecule has 2 unspecified atom stereocenters. The van der Waals surface area contributed by atoms with Crippen molar-refractivity contribution in [1.82, 2.24) is 5.32 Å². The van der Waals surface area contributed by atoms with Crippen LogP contribution in [0.4, 0.5) is 0 Å².